The number of likely N-dealkylation sites (tertiary alicyclic amines) is 1. The molecule has 0 saturated carbocycles. The number of carbonyl (C=O) groups excluding carboxylic acids is 1. The van der Waals surface area contributed by atoms with Gasteiger partial charge in [-0.25, -0.2) is 4.79 Å². The molecular weight excluding hydrogens is 426 g/mol. The van der Waals surface area contributed by atoms with Gasteiger partial charge < -0.3 is 25.0 Å². The third-order valence-corrected chi connectivity index (χ3v) is 6.92. The highest BCUT2D eigenvalue weighted by Crippen LogP contribution is 2.31. The first-order valence-electron chi connectivity index (χ1n) is 13.9. The van der Waals surface area contributed by atoms with Crippen molar-refractivity contribution in [2.24, 2.45) is 0 Å². The number of unbranched alkanes of at least 4 members (excludes halogenated alkanes) is 9. The molecule has 6 heteroatoms. The zero-order valence-corrected chi connectivity index (χ0v) is 21.4. The van der Waals surface area contributed by atoms with Crippen LogP contribution >= 0.6 is 0 Å². The number of ether oxygens (including phenoxy) is 2. The lowest BCUT2D eigenvalue weighted by molar-refractivity contribution is 0.171. The van der Waals surface area contributed by atoms with Gasteiger partial charge in [-0.3, -0.25) is 0 Å². The maximum Gasteiger partial charge on any atom is 0.315 e. The summed E-state index contributed by atoms with van der Waals surface area (Å²) in [5.41, 5.74) is 1.17. The van der Waals surface area contributed by atoms with Gasteiger partial charge in [0, 0.05) is 19.1 Å². The van der Waals surface area contributed by atoms with Crippen molar-refractivity contribution in [2.75, 3.05) is 39.4 Å². The van der Waals surface area contributed by atoms with E-state index >= 15 is 0 Å². The van der Waals surface area contributed by atoms with Crippen molar-refractivity contribution in [3.05, 3.63) is 23.8 Å². The maximum atomic E-state index is 12.6. The van der Waals surface area contributed by atoms with Gasteiger partial charge in [-0.1, -0.05) is 70.8 Å². The summed E-state index contributed by atoms with van der Waals surface area (Å²) >= 11 is 0. The fraction of sp³-hybridized carbons (Fsp3) is 0.750. The minimum absolute atomic E-state index is 0.0438. The number of carbonyl (C=O) groups is 1. The fourth-order valence-corrected chi connectivity index (χ4v) is 4.99. The molecule has 0 aromatic heterocycles. The molecule has 34 heavy (non-hydrogen) atoms. The van der Waals surface area contributed by atoms with E-state index in [9.17, 15) is 4.79 Å². The Balaban J connectivity index is 1.34. The van der Waals surface area contributed by atoms with Crippen molar-refractivity contribution in [3.63, 3.8) is 0 Å². The van der Waals surface area contributed by atoms with Gasteiger partial charge in [0.1, 0.15) is 13.2 Å². The summed E-state index contributed by atoms with van der Waals surface area (Å²) in [6.07, 6.45) is 16.4. The molecule has 2 aliphatic rings. The Labute approximate surface area is 207 Å². The molecule has 0 spiro atoms. The van der Waals surface area contributed by atoms with E-state index in [0.717, 1.165) is 50.5 Å². The molecule has 1 aromatic rings. The summed E-state index contributed by atoms with van der Waals surface area (Å²) in [5, 5.41) is 6.33. The predicted molar refractivity (Wildman–Crippen MR) is 139 cm³/mol. The van der Waals surface area contributed by atoms with E-state index in [2.05, 4.69) is 34.6 Å². The molecule has 0 aliphatic carbocycles. The smallest absolute Gasteiger partial charge is 0.315 e. The van der Waals surface area contributed by atoms with Crippen LogP contribution in [0.25, 0.3) is 0 Å². The molecule has 1 atom stereocenters. The van der Waals surface area contributed by atoms with Gasteiger partial charge in [0.2, 0.25) is 0 Å². The number of hydrogen-bond acceptors (Lipinski definition) is 4. The number of amides is 2. The molecule has 0 radical (unpaired) electrons. The van der Waals surface area contributed by atoms with Crippen LogP contribution < -0.4 is 20.1 Å². The van der Waals surface area contributed by atoms with Gasteiger partial charge in [-0.15, -0.1) is 0 Å². The van der Waals surface area contributed by atoms with Gasteiger partial charge in [0.15, 0.2) is 11.5 Å². The molecule has 1 unspecified atom stereocenters. The summed E-state index contributed by atoms with van der Waals surface area (Å²) < 4.78 is 11.4. The summed E-state index contributed by atoms with van der Waals surface area (Å²) in [5.74, 6) is 1.63. The number of nitrogens with zero attached hydrogens (tertiary/aromatic N) is 1. The minimum atomic E-state index is -0.0438. The van der Waals surface area contributed by atoms with Crippen LogP contribution in [0.4, 0.5) is 4.79 Å². The predicted octanol–water partition coefficient (Wildman–Crippen LogP) is 5.68. The zero-order valence-electron chi connectivity index (χ0n) is 21.4. The molecule has 1 saturated heterocycles. The van der Waals surface area contributed by atoms with Crippen LogP contribution in [0.5, 0.6) is 11.5 Å². The van der Waals surface area contributed by atoms with Gasteiger partial charge >= 0.3 is 6.03 Å². The van der Waals surface area contributed by atoms with Crippen LogP contribution in [0.3, 0.4) is 0 Å². The monoisotopic (exact) mass is 473 g/mol. The first-order chi connectivity index (χ1) is 16.7. The lowest BCUT2D eigenvalue weighted by Crippen LogP contribution is -2.48. The average molecular weight is 474 g/mol. The van der Waals surface area contributed by atoms with Crippen molar-refractivity contribution >= 4 is 6.03 Å². The van der Waals surface area contributed by atoms with Gasteiger partial charge in [-0.05, 0) is 56.5 Å². The SMILES string of the molecule is CCCCCCCCCCCCNC(=O)NC(Cc1ccc2c(c1)OCCO2)CN1CCCC1. The second-order valence-electron chi connectivity index (χ2n) is 9.97. The van der Waals surface area contributed by atoms with E-state index in [1.54, 1.807) is 0 Å². The lowest BCUT2D eigenvalue weighted by atomic mass is 10.0. The Morgan fingerprint density at radius 1 is 0.912 bits per heavy atom. The fourth-order valence-electron chi connectivity index (χ4n) is 4.99. The Bertz CT molecular complexity index is 706. The van der Waals surface area contributed by atoms with Crippen LogP contribution in [-0.2, 0) is 6.42 Å². The van der Waals surface area contributed by atoms with E-state index in [1.165, 1.54) is 76.2 Å². The molecule has 2 heterocycles. The number of rotatable bonds is 16. The standard InChI is InChI=1S/C28H47N3O3/c1-2-3-4-5-6-7-8-9-10-11-16-29-28(32)30-25(23-31-17-12-13-18-31)21-24-14-15-26-27(22-24)34-20-19-33-26/h14-15,22,25H,2-13,16-21,23H2,1H3,(H2,29,30,32). The first-order valence-corrected chi connectivity index (χ1v) is 13.9. The van der Waals surface area contributed by atoms with Crippen molar-refractivity contribution < 1.29 is 14.3 Å². The van der Waals surface area contributed by atoms with Crippen LogP contribution in [0.2, 0.25) is 0 Å². The van der Waals surface area contributed by atoms with E-state index in [1.807, 2.05) is 6.07 Å². The third kappa shape index (κ3) is 10.1. The molecule has 1 fully saturated rings. The molecule has 2 amide bonds. The number of nitrogens with one attached hydrogen (secondary N) is 2. The molecule has 1 aromatic carbocycles. The normalized spacial score (nSPS) is 16.4. The highest BCUT2D eigenvalue weighted by molar-refractivity contribution is 5.74. The van der Waals surface area contributed by atoms with Crippen molar-refractivity contribution in [1.82, 2.24) is 15.5 Å². The van der Waals surface area contributed by atoms with E-state index in [4.69, 9.17) is 9.47 Å². The largest absolute Gasteiger partial charge is 0.486 e. The van der Waals surface area contributed by atoms with Gasteiger partial charge in [-0.2, -0.15) is 0 Å². The van der Waals surface area contributed by atoms with Crippen LogP contribution in [0, 0.1) is 0 Å². The van der Waals surface area contributed by atoms with Crippen LogP contribution in [-0.4, -0.2) is 56.4 Å². The number of urea groups is 1. The summed E-state index contributed by atoms with van der Waals surface area (Å²) in [4.78, 5) is 15.1. The van der Waals surface area contributed by atoms with E-state index in [0.29, 0.717) is 13.2 Å². The minimum Gasteiger partial charge on any atom is -0.486 e. The van der Waals surface area contributed by atoms with Gasteiger partial charge in [0.25, 0.3) is 0 Å². The van der Waals surface area contributed by atoms with Crippen LogP contribution in [0.15, 0.2) is 18.2 Å². The Hall–Kier alpha value is -1.95. The quantitative estimate of drug-likeness (QED) is 0.303. The van der Waals surface area contributed by atoms with Crippen molar-refractivity contribution in [3.8, 4) is 11.5 Å². The summed E-state index contributed by atoms with van der Waals surface area (Å²) in [7, 11) is 0. The molecule has 2 N–H and O–H groups in total. The van der Waals surface area contributed by atoms with Crippen molar-refractivity contribution in [1.29, 1.82) is 0 Å². The highest BCUT2D eigenvalue weighted by atomic mass is 16.6. The number of benzene rings is 1. The van der Waals surface area contributed by atoms with E-state index in [-0.39, 0.29) is 12.1 Å². The lowest BCUT2D eigenvalue weighted by Gasteiger charge is -2.25. The second-order valence-corrected chi connectivity index (χ2v) is 9.97. The number of fused-ring (bicyclic) bond motifs is 1. The Morgan fingerprint density at radius 3 is 2.26 bits per heavy atom. The topological polar surface area (TPSA) is 62.8 Å². The second kappa shape index (κ2) is 15.9. The highest BCUT2D eigenvalue weighted by Gasteiger charge is 2.21. The molecule has 2 aliphatic heterocycles. The molecule has 6 nitrogen and oxygen atoms in total. The number of hydrogen-bond donors (Lipinski definition) is 2. The zero-order chi connectivity index (χ0) is 23.8. The maximum absolute atomic E-state index is 12.6. The third-order valence-electron chi connectivity index (χ3n) is 6.92. The Kier molecular flexibility index (Phi) is 12.4. The molecule has 3 rings (SSSR count). The van der Waals surface area contributed by atoms with Crippen molar-refractivity contribution in [2.45, 2.75) is 96.4 Å². The molecule has 0 bridgehead atoms. The average Bonchev–Trinajstić information content (AvgIpc) is 3.35. The Morgan fingerprint density at radius 2 is 1.56 bits per heavy atom. The van der Waals surface area contributed by atoms with Gasteiger partial charge in [0.05, 0.1) is 0 Å². The van der Waals surface area contributed by atoms with Crippen LogP contribution in [0.1, 0.15) is 89.5 Å². The first kappa shape index (κ1) is 26.7. The summed E-state index contributed by atoms with van der Waals surface area (Å²) in [6, 6.07) is 6.18. The summed E-state index contributed by atoms with van der Waals surface area (Å²) in [6.45, 7) is 7.35. The molecular formula is C28H47N3O3. The van der Waals surface area contributed by atoms with E-state index < -0.39 is 0 Å². The molecule has 192 valence electrons.